The van der Waals surface area contributed by atoms with Gasteiger partial charge in [-0.3, -0.25) is 14.6 Å². The summed E-state index contributed by atoms with van der Waals surface area (Å²) in [5.41, 5.74) is 4.69. The Morgan fingerprint density at radius 1 is 1.34 bits per heavy atom. The van der Waals surface area contributed by atoms with Crippen LogP contribution in [0.1, 0.15) is 38.7 Å². The Morgan fingerprint density at radius 2 is 2.12 bits per heavy atom. The third kappa shape index (κ3) is 4.83. The molecule has 2 aromatic rings. The molecule has 32 heavy (non-hydrogen) atoms. The van der Waals surface area contributed by atoms with E-state index in [1.807, 2.05) is 44.3 Å². The zero-order valence-electron chi connectivity index (χ0n) is 18.2. The Kier molecular flexibility index (Phi) is 6.86. The monoisotopic (exact) mass is 456 g/mol. The zero-order valence-corrected chi connectivity index (χ0v) is 19.0. The van der Waals surface area contributed by atoms with E-state index < -0.39 is 18.1 Å². The number of carbonyl (C=O) groups excluding carboxylic acids is 2. The van der Waals surface area contributed by atoms with Gasteiger partial charge in [0.2, 0.25) is 11.8 Å². The normalized spacial score (nSPS) is 23.5. The number of hydrogen-bond acceptors (Lipinski definition) is 7. The van der Waals surface area contributed by atoms with Crippen LogP contribution in [-0.2, 0) is 21.0 Å². The summed E-state index contributed by atoms with van der Waals surface area (Å²) in [5, 5.41) is 17.1. The van der Waals surface area contributed by atoms with Crippen molar-refractivity contribution in [3.8, 4) is 10.4 Å². The molecule has 2 aliphatic heterocycles. The minimum Gasteiger partial charge on any atom is -0.391 e. The summed E-state index contributed by atoms with van der Waals surface area (Å²) < 4.78 is 0. The van der Waals surface area contributed by atoms with Gasteiger partial charge in [0.05, 0.1) is 28.1 Å². The van der Waals surface area contributed by atoms with Crippen LogP contribution in [0.5, 0.6) is 0 Å². The summed E-state index contributed by atoms with van der Waals surface area (Å²) in [6, 6.07) is 7.25. The lowest BCUT2D eigenvalue weighted by Gasteiger charge is -2.29. The molecule has 170 valence electrons. The molecule has 0 bridgehead atoms. The molecule has 1 fully saturated rings. The molecule has 1 unspecified atom stereocenters. The van der Waals surface area contributed by atoms with Gasteiger partial charge in [0.15, 0.2) is 0 Å². The van der Waals surface area contributed by atoms with Crippen molar-refractivity contribution < 1.29 is 19.5 Å². The van der Waals surface area contributed by atoms with Gasteiger partial charge in [-0.25, -0.2) is 0 Å². The third-order valence-corrected chi connectivity index (χ3v) is 6.87. The number of aliphatic hydroxyl groups is 1. The number of aliphatic hydroxyl groups excluding tert-OH is 1. The third-order valence-electron chi connectivity index (χ3n) is 6.05. The van der Waals surface area contributed by atoms with Crippen LogP contribution < -0.4 is 5.32 Å². The fourth-order valence-corrected chi connectivity index (χ4v) is 4.94. The van der Waals surface area contributed by atoms with E-state index in [2.05, 4.69) is 15.5 Å². The molecule has 0 aliphatic carbocycles. The van der Waals surface area contributed by atoms with Gasteiger partial charge in [-0.2, -0.15) is 0 Å². The Bertz CT molecular complexity index is 976. The van der Waals surface area contributed by atoms with E-state index in [1.165, 1.54) is 4.90 Å². The highest BCUT2D eigenvalue weighted by Crippen LogP contribution is 2.28. The lowest BCUT2D eigenvalue weighted by molar-refractivity contribution is -0.145. The molecule has 8 nitrogen and oxygen atoms in total. The number of amides is 2. The second-order valence-corrected chi connectivity index (χ2v) is 9.25. The van der Waals surface area contributed by atoms with Crippen molar-refractivity contribution in [2.75, 3.05) is 6.54 Å². The Hall–Kier alpha value is -2.78. The average molecular weight is 457 g/mol. The van der Waals surface area contributed by atoms with Gasteiger partial charge in [-0.05, 0) is 24.5 Å². The fourth-order valence-electron chi connectivity index (χ4n) is 4.31. The first-order valence-corrected chi connectivity index (χ1v) is 11.8. The number of nitrogens with zero attached hydrogens (tertiary/aromatic N) is 3. The van der Waals surface area contributed by atoms with Crippen molar-refractivity contribution >= 4 is 28.9 Å². The zero-order chi connectivity index (χ0) is 22.7. The van der Waals surface area contributed by atoms with Gasteiger partial charge in [0, 0.05) is 32.1 Å². The molecule has 0 saturated carbocycles. The second kappa shape index (κ2) is 9.79. The lowest BCUT2D eigenvalue weighted by atomic mass is 9.94. The van der Waals surface area contributed by atoms with Gasteiger partial charge in [-0.15, -0.1) is 11.3 Å². The first kappa shape index (κ1) is 22.4. The van der Waals surface area contributed by atoms with Gasteiger partial charge in [-0.1, -0.05) is 36.3 Å². The van der Waals surface area contributed by atoms with Crippen molar-refractivity contribution in [1.82, 2.24) is 15.2 Å². The van der Waals surface area contributed by atoms with E-state index in [4.69, 9.17) is 4.84 Å². The Labute approximate surface area is 191 Å². The lowest BCUT2D eigenvalue weighted by Crippen LogP contribution is -2.49. The summed E-state index contributed by atoms with van der Waals surface area (Å²) in [7, 11) is 0. The summed E-state index contributed by atoms with van der Waals surface area (Å²) in [6.07, 6.45) is 2.22. The van der Waals surface area contributed by atoms with Crippen molar-refractivity contribution in [2.24, 2.45) is 11.1 Å². The number of β-amino-alcohol motifs (C(OH)–C–C–N with tert-alkyl or cyclic N) is 1. The number of carbonyl (C=O) groups is 2. The molecule has 3 heterocycles. The van der Waals surface area contributed by atoms with Gasteiger partial charge in [0.1, 0.15) is 12.1 Å². The van der Waals surface area contributed by atoms with Crippen LogP contribution in [0, 0.1) is 5.92 Å². The highest BCUT2D eigenvalue weighted by Gasteiger charge is 2.43. The highest BCUT2D eigenvalue weighted by atomic mass is 32.1. The molecule has 2 N–H and O–H groups in total. The standard InChI is InChI=1S/C23H28N4O4S/c1-3-18(20-8-14(2)26-31-20)23(30)27-12-17(28)9-19(27)22(29)25-10-15-4-6-16(7-5-15)21-11-24-13-32-21/h4-7,11,13,17-20,28H,3,8-10,12H2,1-2H3,(H,25,29)/t17-,18-,19+,20?/m1/s1. The van der Waals surface area contributed by atoms with Crippen LogP contribution in [-0.4, -0.2) is 57.3 Å². The number of likely N-dealkylation sites (tertiary alicyclic amines) is 1. The van der Waals surface area contributed by atoms with Gasteiger partial charge >= 0.3 is 0 Å². The maximum Gasteiger partial charge on any atom is 0.243 e. The maximum atomic E-state index is 13.3. The van der Waals surface area contributed by atoms with Crippen LogP contribution in [0.15, 0.2) is 41.1 Å². The molecule has 0 radical (unpaired) electrons. The van der Waals surface area contributed by atoms with Crippen molar-refractivity contribution in [1.29, 1.82) is 0 Å². The molecular formula is C23H28N4O4S. The average Bonchev–Trinajstić information content (AvgIpc) is 3.54. The summed E-state index contributed by atoms with van der Waals surface area (Å²) >= 11 is 1.58. The van der Waals surface area contributed by atoms with Crippen LogP contribution in [0.25, 0.3) is 10.4 Å². The molecule has 4 rings (SSSR count). The van der Waals surface area contributed by atoms with Crippen molar-refractivity contribution in [2.45, 2.75) is 57.9 Å². The molecule has 1 aromatic carbocycles. The predicted molar refractivity (Wildman–Crippen MR) is 122 cm³/mol. The van der Waals surface area contributed by atoms with Crippen molar-refractivity contribution in [3.05, 3.63) is 41.5 Å². The number of aromatic nitrogens is 1. The molecule has 4 atom stereocenters. The molecule has 1 aromatic heterocycles. The van der Waals surface area contributed by atoms with E-state index >= 15 is 0 Å². The minimum absolute atomic E-state index is 0.156. The van der Waals surface area contributed by atoms with Crippen LogP contribution in [0.3, 0.4) is 0 Å². The SMILES string of the molecule is CC[C@@H](C(=O)N1C[C@H](O)C[C@H]1C(=O)NCc1ccc(-c2cncs2)cc1)C1CC(C)=NO1. The first-order valence-electron chi connectivity index (χ1n) is 10.9. The van der Waals surface area contributed by atoms with E-state index in [9.17, 15) is 14.7 Å². The Morgan fingerprint density at radius 3 is 2.75 bits per heavy atom. The molecule has 1 saturated heterocycles. The summed E-state index contributed by atoms with van der Waals surface area (Å²) in [4.78, 5) is 38.3. The number of nitrogens with one attached hydrogen (secondary N) is 1. The highest BCUT2D eigenvalue weighted by molar-refractivity contribution is 7.13. The number of benzene rings is 1. The second-order valence-electron chi connectivity index (χ2n) is 8.37. The largest absolute Gasteiger partial charge is 0.391 e. The maximum absolute atomic E-state index is 13.3. The summed E-state index contributed by atoms with van der Waals surface area (Å²) in [5.74, 6) is -0.805. The minimum atomic E-state index is -0.714. The number of hydrogen-bond donors (Lipinski definition) is 2. The topological polar surface area (TPSA) is 104 Å². The van der Waals surface area contributed by atoms with Gasteiger partial charge < -0.3 is 20.2 Å². The van der Waals surface area contributed by atoms with Gasteiger partial charge in [0.25, 0.3) is 0 Å². The number of thiazole rings is 1. The van der Waals surface area contributed by atoms with E-state index in [1.54, 1.807) is 16.8 Å². The number of rotatable bonds is 7. The quantitative estimate of drug-likeness (QED) is 0.666. The smallest absolute Gasteiger partial charge is 0.243 e. The Balaban J connectivity index is 1.38. The summed E-state index contributed by atoms with van der Waals surface area (Å²) in [6.45, 7) is 4.31. The molecular weight excluding hydrogens is 428 g/mol. The van der Waals surface area contributed by atoms with E-state index in [0.717, 1.165) is 21.7 Å². The number of oxime groups is 1. The molecule has 0 spiro atoms. The molecule has 2 aliphatic rings. The fraction of sp³-hybridized carbons (Fsp3) is 0.478. The van der Waals surface area contributed by atoms with E-state index in [0.29, 0.717) is 19.4 Å². The van der Waals surface area contributed by atoms with Crippen LogP contribution in [0.2, 0.25) is 0 Å². The van der Waals surface area contributed by atoms with Crippen LogP contribution in [0.4, 0.5) is 0 Å². The first-order chi connectivity index (χ1) is 15.5. The molecule has 2 amide bonds. The predicted octanol–water partition coefficient (Wildman–Crippen LogP) is 2.58. The van der Waals surface area contributed by atoms with Crippen molar-refractivity contribution in [3.63, 3.8) is 0 Å². The molecule has 9 heteroatoms. The van der Waals surface area contributed by atoms with Crippen LogP contribution >= 0.6 is 11.3 Å². The van der Waals surface area contributed by atoms with E-state index in [-0.39, 0.29) is 30.9 Å².